The average Bonchev–Trinajstić information content (AvgIpc) is 3.45. The van der Waals surface area contributed by atoms with Crippen LogP contribution < -0.4 is 10.3 Å². The number of hydrogen-bond donors (Lipinski definition) is 0. The first-order valence-corrected chi connectivity index (χ1v) is 12.5. The van der Waals surface area contributed by atoms with Crippen LogP contribution in [0.2, 0.25) is 0 Å². The number of benzene rings is 1. The van der Waals surface area contributed by atoms with E-state index < -0.39 is 0 Å². The second kappa shape index (κ2) is 7.97. The quantitative estimate of drug-likeness (QED) is 0.591. The largest absolute Gasteiger partial charge is 0.490 e. The Morgan fingerprint density at radius 1 is 1.12 bits per heavy atom. The first-order chi connectivity index (χ1) is 15.6. The zero-order chi connectivity index (χ0) is 21.8. The van der Waals surface area contributed by atoms with Crippen molar-refractivity contribution in [2.45, 2.75) is 69.2 Å². The lowest BCUT2D eigenvalue weighted by atomic mass is 10.0. The molecule has 0 N–H and O–H groups in total. The van der Waals surface area contributed by atoms with Gasteiger partial charge >= 0.3 is 0 Å². The Morgan fingerprint density at radius 3 is 2.56 bits per heavy atom. The predicted molar refractivity (Wildman–Crippen MR) is 126 cm³/mol. The van der Waals surface area contributed by atoms with Crippen molar-refractivity contribution in [1.29, 1.82) is 0 Å². The molecule has 2 unspecified atom stereocenters. The summed E-state index contributed by atoms with van der Waals surface area (Å²) < 4.78 is 14.4. The summed E-state index contributed by atoms with van der Waals surface area (Å²) in [4.78, 5) is 21.5. The van der Waals surface area contributed by atoms with Crippen molar-refractivity contribution >= 4 is 21.6 Å². The van der Waals surface area contributed by atoms with Crippen LogP contribution in [0.4, 0.5) is 0 Å². The molecule has 32 heavy (non-hydrogen) atoms. The van der Waals surface area contributed by atoms with E-state index in [0.717, 1.165) is 42.8 Å². The highest BCUT2D eigenvalue weighted by atomic mass is 32.1. The molecule has 3 fully saturated rings. The molecule has 0 spiro atoms. The molecule has 7 heteroatoms. The molecule has 3 aliphatic rings. The second-order valence-electron chi connectivity index (χ2n) is 9.51. The average molecular weight is 452 g/mol. The molecule has 3 aromatic rings. The van der Waals surface area contributed by atoms with E-state index in [0.29, 0.717) is 22.7 Å². The van der Waals surface area contributed by atoms with Gasteiger partial charge in [-0.3, -0.25) is 9.36 Å². The highest BCUT2D eigenvalue weighted by Gasteiger charge is 2.39. The van der Waals surface area contributed by atoms with E-state index in [9.17, 15) is 4.79 Å². The number of fused-ring (bicyclic) bond motifs is 3. The van der Waals surface area contributed by atoms with Gasteiger partial charge in [0.1, 0.15) is 22.9 Å². The Kier molecular flexibility index (Phi) is 5.08. The van der Waals surface area contributed by atoms with Crippen molar-refractivity contribution in [1.82, 2.24) is 14.5 Å². The molecule has 3 saturated heterocycles. The molecular weight excluding hydrogens is 422 g/mol. The summed E-state index contributed by atoms with van der Waals surface area (Å²) in [7, 11) is 2.24. The second-order valence-corrected chi connectivity index (χ2v) is 10.6. The van der Waals surface area contributed by atoms with Crippen LogP contribution >= 0.6 is 11.3 Å². The Balaban J connectivity index is 1.22. The van der Waals surface area contributed by atoms with Gasteiger partial charge in [-0.25, -0.2) is 4.98 Å². The van der Waals surface area contributed by atoms with Crippen LogP contribution in [0.1, 0.15) is 49.8 Å². The van der Waals surface area contributed by atoms with E-state index >= 15 is 0 Å². The Labute approximate surface area is 191 Å². The SMILES string of the molecule is CC1OCCC1c1cc2ncn(-c3ccc(O[C@H]4C[C@H]5CC[C@@H](C4)N5C)cc3)c(=O)c2s1. The minimum Gasteiger partial charge on any atom is -0.490 e. The van der Waals surface area contributed by atoms with Crippen LogP contribution in [-0.4, -0.2) is 52.4 Å². The fourth-order valence-corrected chi connectivity index (χ4v) is 7.01. The lowest BCUT2D eigenvalue weighted by Crippen LogP contribution is -2.43. The molecule has 168 valence electrons. The van der Waals surface area contributed by atoms with E-state index in [1.807, 2.05) is 24.3 Å². The summed E-state index contributed by atoms with van der Waals surface area (Å²) in [6.07, 6.45) is 7.88. The van der Waals surface area contributed by atoms with Crippen LogP contribution in [0.25, 0.3) is 15.9 Å². The number of piperidine rings is 1. The first kappa shape index (κ1) is 20.4. The molecular formula is C25H29N3O3S. The van der Waals surface area contributed by atoms with Gasteiger partial charge in [0, 0.05) is 29.5 Å². The molecule has 6 nitrogen and oxygen atoms in total. The molecule has 6 rings (SSSR count). The minimum absolute atomic E-state index is 0.0154. The topological polar surface area (TPSA) is 56.6 Å². The summed E-state index contributed by atoms with van der Waals surface area (Å²) in [6, 6.07) is 11.2. The highest BCUT2D eigenvalue weighted by Crippen LogP contribution is 2.37. The highest BCUT2D eigenvalue weighted by molar-refractivity contribution is 7.19. The summed E-state index contributed by atoms with van der Waals surface area (Å²) in [5, 5.41) is 0. The standard InChI is InChI=1S/C25H29N3O3S/c1-15-21(9-10-30-15)23-13-22-24(32-23)25(29)28(14-26-22)16-5-7-19(8-6-16)31-20-11-17-3-4-18(12-20)27(17)2/h5-8,13-15,17-18,20-21H,3-4,9-12H2,1-2H3/t15?,17-,18+,20+,21?. The van der Waals surface area contributed by atoms with Crippen molar-refractivity contribution in [2.24, 2.45) is 0 Å². The van der Waals surface area contributed by atoms with Crippen molar-refractivity contribution in [3.8, 4) is 11.4 Å². The fraction of sp³-hybridized carbons (Fsp3) is 0.520. The maximum Gasteiger partial charge on any atom is 0.275 e. The Morgan fingerprint density at radius 2 is 1.88 bits per heavy atom. The smallest absolute Gasteiger partial charge is 0.275 e. The van der Waals surface area contributed by atoms with Gasteiger partial charge in [-0.1, -0.05) is 0 Å². The van der Waals surface area contributed by atoms with Crippen LogP contribution in [0.15, 0.2) is 41.5 Å². The summed E-state index contributed by atoms with van der Waals surface area (Å²) in [5.41, 5.74) is 1.58. The van der Waals surface area contributed by atoms with Gasteiger partial charge in [0.05, 0.1) is 17.3 Å². The molecule has 2 aromatic heterocycles. The zero-order valence-corrected chi connectivity index (χ0v) is 19.4. The van der Waals surface area contributed by atoms with E-state index in [4.69, 9.17) is 9.47 Å². The zero-order valence-electron chi connectivity index (χ0n) is 18.6. The van der Waals surface area contributed by atoms with Gasteiger partial charge < -0.3 is 14.4 Å². The monoisotopic (exact) mass is 451 g/mol. The van der Waals surface area contributed by atoms with Crippen molar-refractivity contribution < 1.29 is 9.47 Å². The van der Waals surface area contributed by atoms with Crippen molar-refractivity contribution in [3.63, 3.8) is 0 Å². The first-order valence-electron chi connectivity index (χ1n) is 11.7. The number of aromatic nitrogens is 2. The molecule has 0 radical (unpaired) electrons. The molecule has 3 aliphatic heterocycles. The molecule has 5 heterocycles. The molecule has 0 aliphatic carbocycles. The normalized spacial score (nSPS) is 30.2. The van der Waals surface area contributed by atoms with Crippen LogP contribution in [0, 0.1) is 0 Å². The van der Waals surface area contributed by atoms with Crippen LogP contribution in [-0.2, 0) is 4.74 Å². The Bertz CT molecular complexity index is 1170. The van der Waals surface area contributed by atoms with Gasteiger partial charge in [-0.05, 0) is 76.4 Å². The van der Waals surface area contributed by atoms with Gasteiger partial charge in [0.25, 0.3) is 5.56 Å². The van der Waals surface area contributed by atoms with Gasteiger partial charge in [0.15, 0.2) is 0 Å². The van der Waals surface area contributed by atoms with Gasteiger partial charge in [-0.2, -0.15) is 0 Å². The van der Waals surface area contributed by atoms with Gasteiger partial charge in [0.2, 0.25) is 0 Å². The molecule has 5 atom stereocenters. The third-order valence-corrected chi connectivity index (χ3v) is 8.92. The molecule has 2 bridgehead atoms. The third-order valence-electron chi connectivity index (χ3n) is 7.67. The summed E-state index contributed by atoms with van der Waals surface area (Å²) >= 11 is 1.56. The lowest BCUT2D eigenvalue weighted by Gasteiger charge is -2.36. The minimum atomic E-state index is -0.0154. The van der Waals surface area contributed by atoms with E-state index in [-0.39, 0.29) is 17.8 Å². The number of nitrogens with zero attached hydrogens (tertiary/aromatic N) is 3. The summed E-state index contributed by atoms with van der Waals surface area (Å²) in [6.45, 7) is 2.89. The van der Waals surface area contributed by atoms with Crippen molar-refractivity contribution in [2.75, 3.05) is 13.7 Å². The maximum atomic E-state index is 13.2. The molecule has 1 aromatic carbocycles. The Hall–Kier alpha value is -2.22. The summed E-state index contributed by atoms with van der Waals surface area (Å²) in [5.74, 6) is 1.23. The third kappa shape index (κ3) is 3.47. The number of thiophene rings is 1. The van der Waals surface area contributed by atoms with Crippen molar-refractivity contribution in [3.05, 3.63) is 51.9 Å². The van der Waals surface area contributed by atoms with E-state index in [1.54, 1.807) is 22.2 Å². The number of ether oxygens (including phenoxy) is 2. The fourth-order valence-electron chi connectivity index (χ4n) is 5.74. The van der Waals surface area contributed by atoms with Gasteiger partial charge in [-0.15, -0.1) is 11.3 Å². The lowest BCUT2D eigenvalue weighted by molar-refractivity contribution is 0.0662. The van der Waals surface area contributed by atoms with Crippen LogP contribution in [0.3, 0.4) is 0 Å². The number of rotatable bonds is 4. The molecule has 0 amide bonds. The van der Waals surface area contributed by atoms with E-state index in [2.05, 4.69) is 29.9 Å². The predicted octanol–water partition coefficient (Wildman–Crippen LogP) is 4.34. The van der Waals surface area contributed by atoms with E-state index in [1.165, 1.54) is 17.7 Å². The molecule has 0 saturated carbocycles. The maximum absolute atomic E-state index is 13.2. The van der Waals surface area contributed by atoms with Crippen LogP contribution in [0.5, 0.6) is 5.75 Å². The number of hydrogen-bond acceptors (Lipinski definition) is 6.